The first-order valence-corrected chi connectivity index (χ1v) is 13.3. The Balaban J connectivity index is 4.38. The number of carbonyl (C=O) groups is 2. The molecule has 0 rings (SSSR count). The Morgan fingerprint density at radius 2 is 1.42 bits per heavy atom. The molecule has 0 bridgehead atoms. The van der Waals surface area contributed by atoms with E-state index in [9.17, 15) is 9.59 Å². The van der Waals surface area contributed by atoms with Gasteiger partial charge in [-0.2, -0.15) is 0 Å². The molecule has 7 nitrogen and oxygen atoms in total. The van der Waals surface area contributed by atoms with Crippen molar-refractivity contribution in [3.63, 3.8) is 0 Å². The van der Waals surface area contributed by atoms with Crippen LogP contribution in [0.1, 0.15) is 105 Å². The number of ether oxygens (including phenoxy) is 2. The van der Waals surface area contributed by atoms with E-state index in [-0.39, 0.29) is 12.5 Å². The molecule has 0 aliphatic heterocycles. The van der Waals surface area contributed by atoms with Gasteiger partial charge >= 0.3 is 12.1 Å². The molecule has 0 aromatic carbocycles. The Hall–Kier alpha value is -1.34. The summed E-state index contributed by atoms with van der Waals surface area (Å²) in [6.07, 6.45) is 9.34. The average Bonchev–Trinajstić information content (AvgIpc) is 2.77. The number of hydrogen-bond donors (Lipinski definition) is 1. The largest absolute Gasteiger partial charge is 0.508 e. The molecule has 1 atom stereocenters. The second-order valence-corrected chi connectivity index (χ2v) is 9.19. The standard InChI is InChI=1S/C26H52N2O5/c1-6-9-10-13-16-24(17-14-11-12-15-18-25(29)30)33-26(31)32-22-21-28(23(4)5)20-19-27(7-2)8-3/h23-24H,6-22H2,1-5H3,(H,29,30). The second-order valence-electron chi connectivity index (χ2n) is 9.19. The van der Waals surface area contributed by atoms with E-state index >= 15 is 0 Å². The lowest BCUT2D eigenvalue weighted by molar-refractivity contribution is -0.137. The normalized spacial score (nSPS) is 12.5. The van der Waals surface area contributed by atoms with Gasteiger partial charge in [0.05, 0.1) is 0 Å². The van der Waals surface area contributed by atoms with Crippen molar-refractivity contribution in [2.45, 2.75) is 117 Å². The number of likely N-dealkylation sites (N-methyl/N-ethyl adjacent to an activating group) is 1. The van der Waals surface area contributed by atoms with Crippen LogP contribution in [0.3, 0.4) is 0 Å². The lowest BCUT2D eigenvalue weighted by Crippen LogP contribution is -2.40. The highest BCUT2D eigenvalue weighted by Crippen LogP contribution is 2.16. The number of carboxylic acid groups (broad SMARTS) is 1. The predicted octanol–water partition coefficient (Wildman–Crippen LogP) is 5.96. The van der Waals surface area contributed by atoms with E-state index in [1.807, 2.05) is 0 Å². The molecule has 0 fully saturated rings. The minimum atomic E-state index is -0.737. The molecular formula is C26H52N2O5. The molecule has 7 heteroatoms. The van der Waals surface area contributed by atoms with E-state index in [1.54, 1.807) is 0 Å². The molecule has 0 amide bonds. The fraction of sp³-hybridized carbons (Fsp3) is 0.923. The summed E-state index contributed by atoms with van der Waals surface area (Å²) in [7, 11) is 0. The third kappa shape index (κ3) is 18.7. The maximum Gasteiger partial charge on any atom is 0.508 e. The summed E-state index contributed by atoms with van der Waals surface area (Å²) < 4.78 is 11.1. The minimum absolute atomic E-state index is 0.113. The molecule has 33 heavy (non-hydrogen) atoms. The van der Waals surface area contributed by atoms with Crippen LogP contribution < -0.4 is 0 Å². The van der Waals surface area contributed by atoms with Crippen LogP contribution in [0.5, 0.6) is 0 Å². The zero-order valence-electron chi connectivity index (χ0n) is 22.2. The summed E-state index contributed by atoms with van der Waals surface area (Å²) in [4.78, 5) is 27.7. The molecule has 1 unspecified atom stereocenters. The number of aliphatic carboxylic acids is 1. The third-order valence-electron chi connectivity index (χ3n) is 6.24. The Morgan fingerprint density at radius 1 is 0.818 bits per heavy atom. The molecule has 0 aliphatic carbocycles. The maximum atomic E-state index is 12.3. The SMILES string of the molecule is CCCCCCC(CCCCCCC(=O)O)OC(=O)OCCN(CCN(CC)CC)C(C)C. The molecule has 0 spiro atoms. The zero-order chi connectivity index (χ0) is 24.9. The summed E-state index contributed by atoms with van der Waals surface area (Å²) in [6.45, 7) is 16.0. The van der Waals surface area contributed by atoms with Gasteiger partial charge in [-0.15, -0.1) is 0 Å². The van der Waals surface area contributed by atoms with Gasteiger partial charge in [-0.3, -0.25) is 9.69 Å². The smallest absolute Gasteiger partial charge is 0.481 e. The van der Waals surface area contributed by atoms with E-state index in [0.29, 0.717) is 25.6 Å². The Labute approximate surface area is 203 Å². The molecule has 0 aromatic heterocycles. The van der Waals surface area contributed by atoms with Gasteiger partial charge in [0.25, 0.3) is 0 Å². The van der Waals surface area contributed by atoms with Crippen LogP contribution in [0.4, 0.5) is 4.79 Å². The quantitative estimate of drug-likeness (QED) is 0.154. The summed E-state index contributed by atoms with van der Waals surface area (Å²) in [6, 6.07) is 0.396. The second kappa shape index (κ2) is 21.2. The van der Waals surface area contributed by atoms with Crippen molar-refractivity contribution >= 4 is 12.1 Å². The van der Waals surface area contributed by atoms with E-state index in [1.165, 1.54) is 12.8 Å². The Morgan fingerprint density at radius 3 is 1.97 bits per heavy atom. The number of unbranched alkanes of at least 4 members (excludes halogenated alkanes) is 6. The van der Waals surface area contributed by atoms with Crippen molar-refractivity contribution in [3.8, 4) is 0 Å². The van der Waals surface area contributed by atoms with Crippen LogP contribution in [0, 0.1) is 0 Å². The van der Waals surface area contributed by atoms with Crippen LogP contribution >= 0.6 is 0 Å². The van der Waals surface area contributed by atoms with E-state index < -0.39 is 12.1 Å². The van der Waals surface area contributed by atoms with Gasteiger partial charge in [0, 0.05) is 32.1 Å². The minimum Gasteiger partial charge on any atom is -0.481 e. The highest BCUT2D eigenvalue weighted by Gasteiger charge is 2.17. The van der Waals surface area contributed by atoms with Crippen LogP contribution in [-0.4, -0.2) is 78.5 Å². The average molecular weight is 473 g/mol. The van der Waals surface area contributed by atoms with Crippen molar-refractivity contribution in [3.05, 3.63) is 0 Å². The van der Waals surface area contributed by atoms with Gasteiger partial charge in [0.2, 0.25) is 0 Å². The summed E-state index contributed by atoms with van der Waals surface area (Å²) in [5.41, 5.74) is 0. The molecule has 0 aliphatic rings. The monoisotopic (exact) mass is 472 g/mol. The van der Waals surface area contributed by atoms with E-state index in [2.05, 4.69) is 44.4 Å². The number of rotatable bonds is 22. The first-order chi connectivity index (χ1) is 15.8. The van der Waals surface area contributed by atoms with Crippen LogP contribution in [-0.2, 0) is 14.3 Å². The first-order valence-electron chi connectivity index (χ1n) is 13.3. The van der Waals surface area contributed by atoms with Gasteiger partial charge in [-0.25, -0.2) is 4.79 Å². The van der Waals surface area contributed by atoms with Crippen molar-refractivity contribution in [1.29, 1.82) is 0 Å². The van der Waals surface area contributed by atoms with E-state index in [4.69, 9.17) is 14.6 Å². The molecular weight excluding hydrogens is 420 g/mol. The van der Waals surface area contributed by atoms with Crippen molar-refractivity contribution in [2.24, 2.45) is 0 Å². The Bertz CT molecular complexity index is 483. The number of carbonyl (C=O) groups excluding carboxylic acids is 1. The molecule has 0 radical (unpaired) electrons. The molecule has 0 saturated carbocycles. The summed E-state index contributed by atoms with van der Waals surface area (Å²) >= 11 is 0. The van der Waals surface area contributed by atoms with Crippen LogP contribution in [0.25, 0.3) is 0 Å². The van der Waals surface area contributed by atoms with Gasteiger partial charge < -0.3 is 19.5 Å². The maximum absolute atomic E-state index is 12.3. The van der Waals surface area contributed by atoms with Crippen LogP contribution in [0.15, 0.2) is 0 Å². The highest BCUT2D eigenvalue weighted by molar-refractivity contribution is 5.66. The summed E-state index contributed by atoms with van der Waals surface area (Å²) in [5.74, 6) is -0.737. The topological polar surface area (TPSA) is 79.3 Å². The van der Waals surface area contributed by atoms with Gasteiger partial charge in [0.1, 0.15) is 12.7 Å². The van der Waals surface area contributed by atoms with Gasteiger partial charge in [-0.05, 0) is 59.0 Å². The number of hydrogen-bond acceptors (Lipinski definition) is 6. The van der Waals surface area contributed by atoms with Crippen molar-refractivity contribution in [1.82, 2.24) is 9.80 Å². The number of carboxylic acids is 1. The van der Waals surface area contributed by atoms with Gasteiger partial charge in [-0.1, -0.05) is 52.9 Å². The Kier molecular flexibility index (Phi) is 20.3. The molecule has 0 aromatic rings. The molecule has 0 saturated heterocycles. The fourth-order valence-electron chi connectivity index (χ4n) is 3.92. The first kappa shape index (κ1) is 31.7. The lowest BCUT2D eigenvalue weighted by Gasteiger charge is -2.29. The zero-order valence-corrected chi connectivity index (χ0v) is 22.2. The van der Waals surface area contributed by atoms with E-state index in [0.717, 1.165) is 71.1 Å². The number of nitrogens with zero attached hydrogens (tertiary/aromatic N) is 2. The fourth-order valence-corrected chi connectivity index (χ4v) is 3.92. The van der Waals surface area contributed by atoms with Crippen LogP contribution in [0.2, 0.25) is 0 Å². The lowest BCUT2D eigenvalue weighted by atomic mass is 10.0. The van der Waals surface area contributed by atoms with Crippen molar-refractivity contribution < 1.29 is 24.2 Å². The van der Waals surface area contributed by atoms with Gasteiger partial charge in [0.15, 0.2) is 0 Å². The summed E-state index contributed by atoms with van der Waals surface area (Å²) in [5, 5.41) is 8.73. The molecule has 1 N–H and O–H groups in total. The van der Waals surface area contributed by atoms with Crippen molar-refractivity contribution in [2.75, 3.05) is 39.3 Å². The highest BCUT2D eigenvalue weighted by atomic mass is 16.7. The predicted molar refractivity (Wildman–Crippen MR) is 135 cm³/mol. The molecule has 0 heterocycles. The molecule has 196 valence electrons. The third-order valence-corrected chi connectivity index (χ3v) is 6.24.